The van der Waals surface area contributed by atoms with Gasteiger partial charge in [-0.3, -0.25) is 0 Å². The van der Waals surface area contributed by atoms with Crippen LogP contribution in [0.2, 0.25) is 0 Å². The second kappa shape index (κ2) is 11000. The van der Waals surface area contributed by atoms with Gasteiger partial charge in [-0.2, -0.15) is 0 Å². The predicted octanol–water partition coefficient (Wildman–Crippen LogP) is 0.105. The van der Waals surface area contributed by atoms with E-state index in [0.717, 1.165) is 0 Å². The Morgan fingerprint density at radius 1 is 0.227 bits per heavy atom. The van der Waals surface area contributed by atoms with Gasteiger partial charge in [-0.15, -0.1) is 0 Å². The summed E-state index contributed by atoms with van der Waals surface area (Å²) < 4.78 is 67.5. The minimum atomic E-state index is 0. The Morgan fingerprint density at radius 3 is 0.227 bits per heavy atom. The van der Waals surface area contributed by atoms with Gasteiger partial charge in [0.25, 0.3) is 0 Å². The number of rotatable bonds is 0. The van der Waals surface area contributed by atoms with E-state index in [0.29, 0.717) is 0 Å². The van der Waals surface area contributed by atoms with E-state index < -0.39 is 0 Å². The van der Waals surface area contributed by atoms with Gasteiger partial charge >= 0.3 is 102 Å². The Bertz CT molecular complexity index is 160. The van der Waals surface area contributed by atoms with Crippen molar-refractivity contribution in [2.24, 2.45) is 0 Å². The zero-order valence-corrected chi connectivity index (χ0v) is 13.3. The summed E-state index contributed by atoms with van der Waals surface area (Å²) in [5.41, 5.74) is 0. The smallest absolute Gasteiger partial charge is 0 e. The standard InChI is InChI=1S/9CO.CH3.3Co/c9*1-2;;;;/h;;;;;;;;;1H3;;;/q;;;;;;;;;-1;;;. The maximum absolute atomic E-state index is 7.50. The molecular weight excluding hydrogens is 441 g/mol. The predicted molar refractivity (Wildman–Crippen MR) is 41.8 cm³/mol. The molecular formula is C10H3Co3O9-. The first-order valence-corrected chi connectivity index (χ1v) is 1.84. The van der Waals surface area contributed by atoms with E-state index in [1.165, 1.54) is 0 Å². The summed E-state index contributed by atoms with van der Waals surface area (Å²) in [6.07, 6.45) is 0. The van der Waals surface area contributed by atoms with E-state index in [1.54, 1.807) is 0 Å². The van der Waals surface area contributed by atoms with Gasteiger partial charge in [0.2, 0.25) is 0 Å². The second-order valence-electron chi connectivity index (χ2n) is 0. The molecule has 0 saturated carbocycles. The van der Waals surface area contributed by atoms with Gasteiger partial charge in [0.1, 0.15) is 0 Å². The van der Waals surface area contributed by atoms with Crippen molar-refractivity contribution in [3.8, 4) is 0 Å². The fourth-order valence-corrected chi connectivity index (χ4v) is 0. The molecule has 0 rings (SSSR count). The van der Waals surface area contributed by atoms with Gasteiger partial charge in [0.05, 0.1) is 0 Å². The Morgan fingerprint density at radius 2 is 0.227 bits per heavy atom. The largest absolute Gasteiger partial charge is 0.358 e. The van der Waals surface area contributed by atoms with Crippen molar-refractivity contribution < 1.29 is 92.2 Å². The molecule has 0 aromatic heterocycles. The summed E-state index contributed by atoms with van der Waals surface area (Å²) in [5.74, 6) is 0. The van der Waals surface area contributed by atoms with Gasteiger partial charge < -0.3 is 7.43 Å². The minimum absolute atomic E-state index is 0. The van der Waals surface area contributed by atoms with E-state index in [2.05, 4.69) is 59.9 Å². The van der Waals surface area contributed by atoms with Crippen molar-refractivity contribution in [1.29, 1.82) is 0 Å². The summed E-state index contributed by atoms with van der Waals surface area (Å²) in [6.45, 7) is 40.5. The summed E-state index contributed by atoms with van der Waals surface area (Å²) in [6, 6.07) is 0. The van der Waals surface area contributed by atoms with E-state index in [4.69, 9.17) is 41.9 Å². The Kier molecular flexibility index (Phi) is 64600. The number of hydrogen-bond donors (Lipinski definition) is 0. The van der Waals surface area contributed by atoms with Crippen molar-refractivity contribution in [1.82, 2.24) is 0 Å². The Balaban J connectivity index is -0.00000000368. The van der Waals surface area contributed by atoms with Gasteiger partial charge in [0.15, 0.2) is 0 Å². The van der Waals surface area contributed by atoms with Crippen molar-refractivity contribution in [2.45, 2.75) is 0 Å². The third-order valence-corrected chi connectivity index (χ3v) is 0. The van der Waals surface area contributed by atoms with E-state index in [1.807, 2.05) is 0 Å². The van der Waals surface area contributed by atoms with Crippen LogP contribution in [0.4, 0.5) is 0 Å². The van der Waals surface area contributed by atoms with Gasteiger partial charge in [-0.25, -0.2) is 0 Å². The minimum Gasteiger partial charge on any atom is -0.358 e. The molecule has 125 valence electrons. The Labute approximate surface area is 159 Å². The maximum Gasteiger partial charge on any atom is 0 e. The molecule has 0 aliphatic carbocycles. The monoisotopic (exact) mass is 444 g/mol. The molecule has 0 spiro atoms. The normalized spacial score (nSPS) is 0.818. The van der Waals surface area contributed by atoms with Gasteiger partial charge in [-0.1, -0.05) is 0 Å². The summed E-state index contributed by atoms with van der Waals surface area (Å²) in [5, 5.41) is 0. The van der Waals surface area contributed by atoms with Crippen LogP contribution in [0.3, 0.4) is 0 Å². The topological polar surface area (TPSA) is 179 Å². The zero-order chi connectivity index (χ0) is 18.0. The Hall–Kier alpha value is -0.821. The molecule has 0 saturated heterocycles. The molecule has 0 bridgehead atoms. The van der Waals surface area contributed by atoms with Crippen LogP contribution >= 0.6 is 0 Å². The van der Waals surface area contributed by atoms with Crippen molar-refractivity contribution in [3.05, 3.63) is 67.3 Å². The first-order chi connectivity index (χ1) is 9.00. The molecule has 0 aromatic carbocycles. The molecule has 12 heteroatoms. The molecule has 0 unspecified atom stereocenters. The third kappa shape index (κ3) is 9420. The molecule has 9 nitrogen and oxygen atoms in total. The molecule has 0 atom stereocenters. The maximum atomic E-state index is 7.50. The molecule has 22 heavy (non-hydrogen) atoms. The fraction of sp³-hybridized carbons (Fsp3) is 0. The van der Waals surface area contributed by atoms with Crippen LogP contribution in [0.1, 0.15) is 0 Å². The van der Waals surface area contributed by atoms with Crippen LogP contribution in [-0.2, 0) is 92.2 Å². The first kappa shape index (κ1) is 129. The molecule has 0 amide bonds. The second-order valence-corrected chi connectivity index (χ2v) is 0. The first-order valence-electron chi connectivity index (χ1n) is 1.84. The third-order valence-electron chi connectivity index (χ3n) is 0. The van der Waals surface area contributed by atoms with Crippen LogP contribution in [-0.4, -0.2) is 0 Å². The van der Waals surface area contributed by atoms with E-state index in [-0.39, 0.29) is 57.8 Å². The molecule has 0 aliphatic rings. The molecule has 0 N–H and O–H groups in total. The average molecular weight is 444 g/mol. The van der Waals surface area contributed by atoms with E-state index >= 15 is 0 Å². The molecule has 3 radical (unpaired) electrons. The molecule has 0 heterocycles. The summed E-state index contributed by atoms with van der Waals surface area (Å²) >= 11 is 0. The van der Waals surface area contributed by atoms with Crippen LogP contribution in [0, 0.1) is 67.3 Å². The van der Waals surface area contributed by atoms with Crippen molar-refractivity contribution >= 4 is 0 Å². The van der Waals surface area contributed by atoms with Crippen molar-refractivity contribution in [3.63, 3.8) is 0 Å². The SMILES string of the molecule is [C-]#[O+].[C-]#[O+].[C-]#[O+].[C-]#[O+].[C-]#[O+].[C-]#[O+].[C-]#[O+].[C-]#[O+].[C-]#[O+].[CH3-].[Co].[Co].[Co]. The molecule has 0 aliphatic heterocycles. The van der Waals surface area contributed by atoms with E-state index in [9.17, 15) is 0 Å². The van der Waals surface area contributed by atoms with Crippen molar-refractivity contribution in [2.75, 3.05) is 0 Å². The summed E-state index contributed by atoms with van der Waals surface area (Å²) in [7, 11) is 0. The average Bonchev–Trinajstić information content (AvgIpc) is 2.63. The quantitative estimate of drug-likeness (QED) is 0.364. The number of hydrogen-bond acceptors (Lipinski definition) is 0. The van der Waals surface area contributed by atoms with Crippen LogP contribution in [0.5, 0.6) is 0 Å². The van der Waals surface area contributed by atoms with Gasteiger partial charge in [0, 0.05) is 50.3 Å². The van der Waals surface area contributed by atoms with Gasteiger partial charge in [-0.05, 0) is 0 Å². The zero-order valence-electron chi connectivity index (χ0n) is 10.2. The summed E-state index contributed by atoms with van der Waals surface area (Å²) in [4.78, 5) is 0. The fourth-order valence-electron chi connectivity index (χ4n) is 0. The van der Waals surface area contributed by atoms with Crippen LogP contribution < -0.4 is 0 Å². The molecule has 0 aromatic rings. The van der Waals surface area contributed by atoms with Crippen LogP contribution in [0.15, 0.2) is 0 Å². The van der Waals surface area contributed by atoms with Crippen LogP contribution in [0.25, 0.3) is 0 Å². The molecule has 0 fully saturated rings.